The van der Waals surface area contributed by atoms with Gasteiger partial charge in [-0.15, -0.1) is 4.84 Å². The molecule has 1 saturated heterocycles. The molecule has 70 valence electrons. The summed E-state index contributed by atoms with van der Waals surface area (Å²) in [5, 5.41) is 17.2. The lowest BCUT2D eigenvalue weighted by Gasteiger charge is -1.98. The van der Waals surface area contributed by atoms with E-state index >= 15 is 0 Å². The van der Waals surface area contributed by atoms with Crippen molar-refractivity contribution in [2.75, 3.05) is 0 Å². The van der Waals surface area contributed by atoms with Gasteiger partial charge in [0.2, 0.25) is 0 Å². The van der Waals surface area contributed by atoms with E-state index in [-0.39, 0.29) is 10.6 Å². The van der Waals surface area contributed by atoms with Gasteiger partial charge >= 0.3 is 11.9 Å². The number of nitro groups is 1. The maximum atomic E-state index is 10.9. The molecule has 0 radical (unpaired) electrons. The van der Waals surface area contributed by atoms with Crippen LogP contribution >= 0.6 is 0 Å². The van der Waals surface area contributed by atoms with Gasteiger partial charge in [0.15, 0.2) is 5.92 Å². The van der Waals surface area contributed by atoms with Gasteiger partial charge in [-0.05, 0) is 6.42 Å². The first-order chi connectivity index (χ1) is 6.11. The molecular weight excluding hydrogens is 178 g/mol. The average Bonchev–Trinajstić information content (AvgIpc) is 2.41. The van der Waals surface area contributed by atoms with Crippen molar-refractivity contribution in [1.82, 2.24) is 0 Å². The highest BCUT2D eigenvalue weighted by atomic mass is 16.8. The second kappa shape index (κ2) is 3.32. The van der Waals surface area contributed by atoms with E-state index in [1.165, 1.54) is 0 Å². The van der Waals surface area contributed by atoms with Crippen LogP contribution in [0.5, 0.6) is 0 Å². The minimum atomic E-state index is -1.38. The molecule has 0 aromatic rings. The largest absolute Gasteiger partial charge is 0.430 e. The highest BCUT2D eigenvalue weighted by molar-refractivity contribution is 5.52. The highest BCUT2D eigenvalue weighted by Crippen LogP contribution is 2.28. The van der Waals surface area contributed by atoms with Crippen molar-refractivity contribution >= 4 is 5.87 Å². The zero-order chi connectivity index (χ0) is 10.0. The maximum Gasteiger partial charge on any atom is 0.430 e. The SMILES string of the molecule is CCC1C(=C=N)[N+](=O)OC1[N+](=O)[O-]. The molecule has 1 aliphatic rings. The quantitative estimate of drug-likeness (QED) is 0.385. The molecule has 7 heteroatoms. The second-order valence-electron chi connectivity index (χ2n) is 2.56. The Bertz CT molecular complexity index is 307. The van der Waals surface area contributed by atoms with Gasteiger partial charge < -0.3 is 0 Å². The Hall–Kier alpha value is -1.75. The molecule has 1 heterocycles. The molecule has 1 rings (SSSR count). The van der Waals surface area contributed by atoms with E-state index in [0.29, 0.717) is 6.42 Å². The molecule has 2 atom stereocenters. The molecule has 7 nitrogen and oxygen atoms in total. The Kier molecular flexibility index (Phi) is 2.39. The van der Waals surface area contributed by atoms with Gasteiger partial charge in [-0.25, -0.2) is 0 Å². The van der Waals surface area contributed by atoms with Crippen molar-refractivity contribution in [3.05, 3.63) is 20.7 Å². The molecule has 1 aliphatic heterocycles. The molecule has 0 saturated carbocycles. The fraction of sp³-hybridized carbons (Fsp3) is 0.667. The molecule has 0 aliphatic carbocycles. The Labute approximate surface area is 73.2 Å². The summed E-state index contributed by atoms with van der Waals surface area (Å²) in [6, 6.07) is 0. The average molecular weight is 186 g/mol. The summed E-state index contributed by atoms with van der Waals surface area (Å²) in [4.78, 5) is 25.0. The Morgan fingerprint density at radius 1 is 1.85 bits per heavy atom. The van der Waals surface area contributed by atoms with Crippen LogP contribution in [0.4, 0.5) is 0 Å². The van der Waals surface area contributed by atoms with E-state index in [1.54, 1.807) is 6.92 Å². The number of nitrogens with zero attached hydrogens (tertiary/aromatic N) is 2. The molecular formula is C6H8N3O4+. The van der Waals surface area contributed by atoms with Crippen molar-refractivity contribution in [2.24, 2.45) is 5.92 Å². The fourth-order valence-electron chi connectivity index (χ4n) is 1.22. The van der Waals surface area contributed by atoms with Gasteiger partial charge in [0, 0.05) is 0 Å². The summed E-state index contributed by atoms with van der Waals surface area (Å²) in [6.45, 7) is 1.68. The van der Waals surface area contributed by atoms with Gasteiger partial charge in [-0.2, -0.15) is 0 Å². The lowest BCUT2D eigenvalue weighted by Crippen LogP contribution is -2.25. The van der Waals surface area contributed by atoms with Gasteiger partial charge in [-0.1, -0.05) is 6.92 Å². The fourth-order valence-corrected chi connectivity index (χ4v) is 1.22. The predicted octanol–water partition coefficient (Wildman–Crippen LogP) is 0.472. The molecule has 0 bridgehead atoms. The summed E-state index contributed by atoms with van der Waals surface area (Å²) >= 11 is 0. The van der Waals surface area contributed by atoms with Crippen molar-refractivity contribution in [1.29, 1.82) is 5.41 Å². The lowest BCUT2D eigenvalue weighted by molar-refractivity contribution is -0.805. The van der Waals surface area contributed by atoms with Crippen molar-refractivity contribution in [2.45, 2.75) is 19.6 Å². The zero-order valence-electron chi connectivity index (χ0n) is 6.89. The molecule has 0 spiro atoms. The smallest absolute Gasteiger partial charge is 0.261 e. The summed E-state index contributed by atoms with van der Waals surface area (Å²) in [5.74, 6) is 1.17. The standard InChI is InChI=1S/C6H8N3O4/c1-2-4-5(3-7)9(12)13-6(4)8(10)11/h4,6-7H,2H2,1H3/q+1. The van der Waals surface area contributed by atoms with Crippen LogP contribution in [0.3, 0.4) is 0 Å². The van der Waals surface area contributed by atoms with Gasteiger partial charge in [0.1, 0.15) is 0 Å². The number of hydrogen-bond acceptors (Lipinski definition) is 5. The lowest BCUT2D eigenvalue weighted by atomic mass is 10.0. The minimum absolute atomic E-state index is 0.00532. The Morgan fingerprint density at radius 3 is 2.85 bits per heavy atom. The van der Waals surface area contributed by atoms with Crippen LogP contribution in [-0.2, 0) is 4.84 Å². The molecule has 0 aromatic heterocycles. The predicted molar refractivity (Wildman–Crippen MR) is 40.5 cm³/mol. The summed E-state index contributed by atoms with van der Waals surface area (Å²) < 4.78 is 0. The van der Waals surface area contributed by atoms with E-state index in [0.717, 1.165) is 0 Å². The van der Waals surface area contributed by atoms with Crippen LogP contribution < -0.4 is 0 Å². The normalized spacial score (nSPS) is 26.8. The van der Waals surface area contributed by atoms with E-state index < -0.39 is 17.1 Å². The monoisotopic (exact) mass is 186 g/mol. The van der Waals surface area contributed by atoms with Crippen LogP contribution in [0.2, 0.25) is 0 Å². The third-order valence-electron chi connectivity index (χ3n) is 1.87. The molecule has 1 fully saturated rings. The van der Waals surface area contributed by atoms with Gasteiger partial charge in [0.25, 0.3) is 4.92 Å². The first-order valence-electron chi connectivity index (χ1n) is 3.69. The summed E-state index contributed by atoms with van der Waals surface area (Å²) in [6.07, 6.45) is -1.01. The summed E-state index contributed by atoms with van der Waals surface area (Å²) in [5.41, 5.74) is -0.121. The van der Waals surface area contributed by atoms with Crippen molar-refractivity contribution in [3.8, 4) is 0 Å². The zero-order valence-corrected chi connectivity index (χ0v) is 6.89. The maximum absolute atomic E-state index is 10.9. The van der Waals surface area contributed by atoms with Crippen LogP contribution in [0.1, 0.15) is 13.3 Å². The minimum Gasteiger partial charge on any atom is -0.261 e. The third-order valence-corrected chi connectivity index (χ3v) is 1.87. The number of nitrogens with one attached hydrogen (secondary N) is 1. The van der Waals surface area contributed by atoms with Crippen molar-refractivity contribution in [3.63, 3.8) is 0 Å². The van der Waals surface area contributed by atoms with E-state index in [2.05, 4.69) is 4.84 Å². The molecule has 1 N–H and O–H groups in total. The first-order valence-corrected chi connectivity index (χ1v) is 3.69. The van der Waals surface area contributed by atoms with E-state index in [4.69, 9.17) is 5.41 Å². The Balaban J connectivity index is 3.01. The van der Waals surface area contributed by atoms with Crippen LogP contribution in [0, 0.1) is 26.3 Å². The second-order valence-corrected chi connectivity index (χ2v) is 2.56. The Morgan fingerprint density at radius 2 is 2.46 bits per heavy atom. The first kappa shape index (κ1) is 9.34. The molecule has 2 unspecified atom stereocenters. The topological polar surface area (TPSA) is 96.3 Å². The van der Waals surface area contributed by atoms with Gasteiger partial charge in [0.05, 0.1) is 15.7 Å². The van der Waals surface area contributed by atoms with Gasteiger partial charge in [-0.3, -0.25) is 15.5 Å². The molecule has 13 heavy (non-hydrogen) atoms. The van der Waals surface area contributed by atoms with E-state index in [1.807, 2.05) is 5.87 Å². The molecule has 0 aromatic carbocycles. The summed E-state index contributed by atoms with van der Waals surface area (Å²) in [7, 11) is 0. The highest BCUT2D eigenvalue weighted by Gasteiger charge is 2.56. The van der Waals surface area contributed by atoms with Crippen LogP contribution in [0.25, 0.3) is 0 Å². The van der Waals surface area contributed by atoms with Crippen LogP contribution in [0.15, 0.2) is 5.70 Å². The van der Waals surface area contributed by atoms with Crippen molar-refractivity contribution < 1.29 is 14.7 Å². The molecule has 0 amide bonds. The van der Waals surface area contributed by atoms with E-state index in [9.17, 15) is 15.0 Å². The third kappa shape index (κ3) is 1.41. The number of rotatable bonds is 2. The van der Waals surface area contributed by atoms with Crippen LogP contribution in [-0.4, -0.2) is 21.9 Å². The number of hydrogen-bond donors (Lipinski definition) is 1.